The second kappa shape index (κ2) is 6.50. The number of nitrogens with two attached hydrogens (primary N) is 1. The van der Waals surface area contributed by atoms with Gasteiger partial charge in [0.05, 0.1) is 7.11 Å². The van der Waals surface area contributed by atoms with Crippen molar-refractivity contribution in [2.24, 2.45) is 0 Å². The molecule has 0 radical (unpaired) electrons. The summed E-state index contributed by atoms with van der Waals surface area (Å²) < 4.78 is 5.11. The van der Waals surface area contributed by atoms with Gasteiger partial charge in [-0.15, -0.1) is 0 Å². The van der Waals surface area contributed by atoms with Crippen molar-refractivity contribution in [1.82, 2.24) is 4.90 Å². The highest BCUT2D eigenvalue weighted by Crippen LogP contribution is 2.19. The van der Waals surface area contributed by atoms with Gasteiger partial charge in [0, 0.05) is 29.9 Å². The van der Waals surface area contributed by atoms with Crippen LogP contribution in [-0.4, -0.2) is 25.0 Å². The van der Waals surface area contributed by atoms with Crippen molar-refractivity contribution < 1.29 is 9.53 Å². The Morgan fingerprint density at radius 3 is 2.48 bits per heavy atom. The number of carbonyl (C=O) groups excluding carboxylic acids is 1. The Bertz CT molecular complexity index is 621. The van der Waals surface area contributed by atoms with E-state index in [1.807, 2.05) is 24.3 Å². The number of rotatable bonds is 4. The molecular weight excluding hydrogens is 288 g/mol. The molecule has 0 aliphatic carbocycles. The van der Waals surface area contributed by atoms with Crippen LogP contribution in [0.25, 0.3) is 0 Å². The molecule has 21 heavy (non-hydrogen) atoms. The molecule has 2 aromatic rings. The summed E-state index contributed by atoms with van der Waals surface area (Å²) >= 11 is 5.93. The third-order valence-electron chi connectivity index (χ3n) is 3.09. The van der Waals surface area contributed by atoms with Crippen LogP contribution in [0.15, 0.2) is 42.5 Å². The fourth-order valence-electron chi connectivity index (χ4n) is 2.03. The minimum absolute atomic E-state index is 0.125. The molecule has 0 heterocycles. The SMILES string of the molecule is COc1ccc(CN(C)C(=O)c2cc(N)cc(Cl)c2)cc1. The first-order valence-electron chi connectivity index (χ1n) is 6.44. The Kier molecular flexibility index (Phi) is 4.70. The summed E-state index contributed by atoms with van der Waals surface area (Å²) in [6.45, 7) is 0.495. The molecule has 0 bridgehead atoms. The van der Waals surface area contributed by atoms with E-state index < -0.39 is 0 Å². The van der Waals surface area contributed by atoms with Gasteiger partial charge in [-0.05, 0) is 35.9 Å². The third-order valence-corrected chi connectivity index (χ3v) is 3.31. The number of nitrogen functional groups attached to an aromatic ring is 1. The van der Waals surface area contributed by atoms with Gasteiger partial charge >= 0.3 is 0 Å². The number of anilines is 1. The lowest BCUT2D eigenvalue weighted by Crippen LogP contribution is -2.26. The number of halogens is 1. The van der Waals surface area contributed by atoms with Crippen LogP contribution in [0.1, 0.15) is 15.9 Å². The fourth-order valence-corrected chi connectivity index (χ4v) is 2.28. The summed E-state index contributed by atoms with van der Waals surface area (Å²) in [7, 11) is 3.36. The first-order valence-corrected chi connectivity index (χ1v) is 6.82. The molecule has 110 valence electrons. The molecule has 2 aromatic carbocycles. The number of nitrogens with zero attached hydrogens (tertiary/aromatic N) is 1. The first-order chi connectivity index (χ1) is 9.99. The maximum absolute atomic E-state index is 12.4. The molecule has 0 atom stereocenters. The van der Waals surface area contributed by atoms with Gasteiger partial charge in [-0.2, -0.15) is 0 Å². The van der Waals surface area contributed by atoms with Gasteiger partial charge in [0.25, 0.3) is 5.91 Å². The monoisotopic (exact) mass is 304 g/mol. The smallest absolute Gasteiger partial charge is 0.254 e. The van der Waals surface area contributed by atoms with E-state index in [0.29, 0.717) is 22.8 Å². The molecule has 0 fully saturated rings. The molecule has 2 N–H and O–H groups in total. The molecular formula is C16H17ClN2O2. The van der Waals surface area contributed by atoms with E-state index in [4.69, 9.17) is 22.1 Å². The summed E-state index contributed by atoms with van der Waals surface area (Å²) in [4.78, 5) is 14.0. The number of hydrogen-bond acceptors (Lipinski definition) is 3. The number of benzene rings is 2. The Hall–Kier alpha value is -2.20. The van der Waals surface area contributed by atoms with Crippen molar-refractivity contribution in [3.8, 4) is 5.75 Å². The molecule has 4 nitrogen and oxygen atoms in total. The van der Waals surface area contributed by atoms with Gasteiger partial charge in [-0.1, -0.05) is 23.7 Å². The standard InChI is InChI=1S/C16H17ClN2O2/c1-19(10-11-3-5-15(21-2)6-4-11)16(20)12-7-13(17)9-14(18)8-12/h3-9H,10,18H2,1-2H3. The molecule has 0 saturated carbocycles. The summed E-state index contributed by atoms with van der Waals surface area (Å²) in [5, 5.41) is 0.455. The zero-order chi connectivity index (χ0) is 15.4. The summed E-state index contributed by atoms with van der Waals surface area (Å²) in [6.07, 6.45) is 0. The second-order valence-electron chi connectivity index (χ2n) is 4.78. The minimum Gasteiger partial charge on any atom is -0.497 e. The summed E-state index contributed by atoms with van der Waals surface area (Å²) in [5.41, 5.74) is 7.69. The molecule has 2 rings (SSSR count). The predicted molar refractivity (Wildman–Crippen MR) is 84.7 cm³/mol. The van der Waals surface area contributed by atoms with E-state index in [2.05, 4.69) is 0 Å². The normalized spacial score (nSPS) is 10.2. The number of amides is 1. The predicted octanol–water partition coefficient (Wildman–Crippen LogP) is 3.20. The van der Waals surface area contributed by atoms with E-state index in [1.165, 1.54) is 0 Å². The van der Waals surface area contributed by atoms with Crippen LogP contribution in [-0.2, 0) is 6.54 Å². The number of carbonyl (C=O) groups is 1. The van der Waals surface area contributed by atoms with E-state index in [-0.39, 0.29) is 5.91 Å². The molecule has 0 aliphatic rings. The van der Waals surface area contributed by atoms with Crippen LogP contribution in [0.3, 0.4) is 0 Å². The molecule has 0 saturated heterocycles. The van der Waals surface area contributed by atoms with Crippen molar-refractivity contribution in [2.45, 2.75) is 6.54 Å². The van der Waals surface area contributed by atoms with Crippen LogP contribution >= 0.6 is 11.6 Å². The summed E-state index contributed by atoms with van der Waals surface area (Å²) in [6, 6.07) is 12.4. The van der Waals surface area contributed by atoms with Crippen molar-refractivity contribution in [2.75, 3.05) is 19.9 Å². The van der Waals surface area contributed by atoms with Crippen LogP contribution in [0, 0.1) is 0 Å². The van der Waals surface area contributed by atoms with E-state index in [0.717, 1.165) is 11.3 Å². The molecule has 0 aromatic heterocycles. The Morgan fingerprint density at radius 1 is 1.24 bits per heavy atom. The minimum atomic E-state index is -0.125. The summed E-state index contributed by atoms with van der Waals surface area (Å²) in [5.74, 6) is 0.662. The topological polar surface area (TPSA) is 55.6 Å². The van der Waals surface area contributed by atoms with Crippen LogP contribution < -0.4 is 10.5 Å². The largest absolute Gasteiger partial charge is 0.497 e. The Balaban J connectivity index is 2.11. The van der Waals surface area contributed by atoms with E-state index in [9.17, 15) is 4.79 Å². The average molecular weight is 305 g/mol. The lowest BCUT2D eigenvalue weighted by molar-refractivity contribution is 0.0785. The number of ether oxygens (including phenoxy) is 1. The molecule has 0 aliphatic heterocycles. The zero-order valence-electron chi connectivity index (χ0n) is 12.0. The number of hydrogen-bond donors (Lipinski definition) is 1. The average Bonchev–Trinajstić information content (AvgIpc) is 2.46. The molecule has 0 spiro atoms. The fraction of sp³-hybridized carbons (Fsp3) is 0.188. The van der Waals surface area contributed by atoms with Crippen LogP contribution in [0.2, 0.25) is 5.02 Å². The highest BCUT2D eigenvalue weighted by Gasteiger charge is 2.13. The van der Waals surface area contributed by atoms with Crippen LogP contribution in [0.4, 0.5) is 5.69 Å². The molecule has 0 unspecified atom stereocenters. The van der Waals surface area contributed by atoms with E-state index in [1.54, 1.807) is 37.3 Å². The lowest BCUT2D eigenvalue weighted by atomic mass is 10.1. The Labute approximate surface area is 129 Å². The van der Waals surface area contributed by atoms with Gasteiger partial charge in [-0.25, -0.2) is 0 Å². The number of methoxy groups -OCH3 is 1. The second-order valence-corrected chi connectivity index (χ2v) is 5.22. The zero-order valence-corrected chi connectivity index (χ0v) is 12.7. The molecule has 1 amide bonds. The molecule has 5 heteroatoms. The van der Waals surface area contributed by atoms with Crippen molar-refractivity contribution in [3.05, 3.63) is 58.6 Å². The van der Waals surface area contributed by atoms with Gasteiger partial charge in [0.15, 0.2) is 0 Å². The first kappa shape index (κ1) is 15.2. The third kappa shape index (κ3) is 3.89. The Morgan fingerprint density at radius 2 is 1.90 bits per heavy atom. The van der Waals surface area contributed by atoms with E-state index >= 15 is 0 Å². The lowest BCUT2D eigenvalue weighted by Gasteiger charge is -2.18. The van der Waals surface area contributed by atoms with Crippen molar-refractivity contribution in [3.63, 3.8) is 0 Å². The van der Waals surface area contributed by atoms with Gasteiger partial charge in [0.1, 0.15) is 5.75 Å². The maximum atomic E-state index is 12.4. The van der Waals surface area contributed by atoms with Crippen molar-refractivity contribution >= 4 is 23.2 Å². The maximum Gasteiger partial charge on any atom is 0.254 e. The van der Waals surface area contributed by atoms with Crippen LogP contribution in [0.5, 0.6) is 5.75 Å². The van der Waals surface area contributed by atoms with Gasteiger partial charge < -0.3 is 15.4 Å². The van der Waals surface area contributed by atoms with Crippen molar-refractivity contribution in [1.29, 1.82) is 0 Å². The highest BCUT2D eigenvalue weighted by molar-refractivity contribution is 6.31. The van der Waals surface area contributed by atoms with Gasteiger partial charge in [0.2, 0.25) is 0 Å². The van der Waals surface area contributed by atoms with Gasteiger partial charge in [-0.3, -0.25) is 4.79 Å². The highest BCUT2D eigenvalue weighted by atomic mass is 35.5. The quantitative estimate of drug-likeness (QED) is 0.883.